The van der Waals surface area contributed by atoms with Crippen LogP contribution in [0.3, 0.4) is 0 Å². The molecule has 2 atom stereocenters. The number of carbonyl (C=O) groups is 1. The van der Waals surface area contributed by atoms with Gasteiger partial charge in [0.15, 0.2) is 0 Å². The van der Waals surface area contributed by atoms with Crippen molar-refractivity contribution in [2.45, 2.75) is 25.9 Å². The number of nitrogens with zero attached hydrogens (tertiary/aromatic N) is 1. The minimum absolute atomic E-state index is 0.0415. The molecular formula is C10H15NO3. The molecule has 1 aromatic heterocycles. The molecule has 4 nitrogen and oxygen atoms in total. The summed E-state index contributed by atoms with van der Waals surface area (Å²) in [6, 6.07) is 1.38. The fourth-order valence-electron chi connectivity index (χ4n) is 1.26. The van der Waals surface area contributed by atoms with E-state index in [1.807, 2.05) is 13.0 Å². The van der Waals surface area contributed by atoms with Crippen LogP contribution in [-0.4, -0.2) is 29.1 Å². The summed E-state index contributed by atoms with van der Waals surface area (Å²) in [6.45, 7) is 3.61. The maximum absolute atomic E-state index is 10.7. The van der Waals surface area contributed by atoms with Gasteiger partial charge in [-0.3, -0.25) is 9.69 Å². The van der Waals surface area contributed by atoms with Gasteiger partial charge < -0.3 is 9.52 Å². The Balaban J connectivity index is 2.70. The summed E-state index contributed by atoms with van der Waals surface area (Å²) >= 11 is 0. The van der Waals surface area contributed by atoms with Gasteiger partial charge in [-0.05, 0) is 27.0 Å². The van der Waals surface area contributed by atoms with Gasteiger partial charge in [0.05, 0.1) is 12.5 Å². The zero-order valence-corrected chi connectivity index (χ0v) is 8.60. The van der Waals surface area contributed by atoms with Gasteiger partial charge in [-0.2, -0.15) is 0 Å². The predicted molar refractivity (Wildman–Crippen MR) is 52.0 cm³/mol. The minimum atomic E-state index is -0.817. The number of carboxylic acids is 1. The molecule has 1 heterocycles. The van der Waals surface area contributed by atoms with Gasteiger partial charge in [-0.15, -0.1) is 0 Å². The number of carboxylic acid groups (broad SMARTS) is 1. The molecule has 78 valence electrons. The first-order valence-electron chi connectivity index (χ1n) is 4.51. The van der Waals surface area contributed by atoms with E-state index in [0.717, 1.165) is 5.56 Å². The molecule has 2 unspecified atom stereocenters. The predicted octanol–water partition coefficient (Wildman–Crippen LogP) is 1.75. The van der Waals surface area contributed by atoms with Crippen molar-refractivity contribution in [2.75, 3.05) is 7.05 Å². The van der Waals surface area contributed by atoms with Crippen LogP contribution >= 0.6 is 0 Å². The summed E-state index contributed by atoms with van der Waals surface area (Å²) in [5, 5.41) is 8.83. The molecule has 0 saturated carbocycles. The molecule has 4 heteroatoms. The Bertz CT molecular complexity index is 294. The first-order valence-corrected chi connectivity index (χ1v) is 4.51. The highest BCUT2D eigenvalue weighted by Crippen LogP contribution is 2.20. The largest absolute Gasteiger partial charge is 0.480 e. The summed E-state index contributed by atoms with van der Waals surface area (Å²) in [5.74, 6) is -0.817. The fourth-order valence-corrected chi connectivity index (χ4v) is 1.26. The number of aliphatic carboxylic acids is 1. The monoisotopic (exact) mass is 197 g/mol. The van der Waals surface area contributed by atoms with E-state index in [1.165, 1.54) is 0 Å². The van der Waals surface area contributed by atoms with Crippen molar-refractivity contribution < 1.29 is 14.3 Å². The molecule has 0 bridgehead atoms. The maximum Gasteiger partial charge on any atom is 0.320 e. The fraction of sp³-hybridized carbons (Fsp3) is 0.500. The molecule has 0 saturated heterocycles. The van der Waals surface area contributed by atoms with Crippen LogP contribution in [-0.2, 0) is 4.79 Å². The third kappa shape index (κ3) is 2.14. The van der Waals surface area contributed by atoms with E-state index in [2.05, 4.69) is 0 Å². The summed E-state index contributed by atoms with van der Waals surface area (Å²) < 4.78 is 4.95. The minimum Gasteiger partial charge on any atom is -0.480 e. The maximum atomic E-state index is 10.7. The van der Waals surface area contributed by atoms with Crippen LogP contribution in [0.1, 0.15) is 25.5 Å². The zero-order valence-electron chi connectivity index (χ0n) is 8.60. The molecule has 0 amide bonds. The van der Waals surface area contributed by atoms with E-state index in [1.54, 1.807) is 31.4 Å². The number of furan rings is 1. The molecule has 1 aromatic rings. The zero-order chi connectivity index (χ0) is 10.7. The van der Waals surface area contributed by atoms with Gasteiger partial charge >= 0.3 is 5.97 Å². The summed E-state index contributed by atoms with van der Waals surface area (Å²) in [6.07, 6.45) is 3.22. The van der Waals surface area contributed by atoms with Crippen molar-refractivity contribution in [3.63, 3.8) is 0 Å². The number of likely N-dealkylation sites (N-methyl/N-ethyl adjacent to an activating group) is 1. The van der Waals surface area contributed by atoms with Crippen LogP contribution in [0.25, 0.3) is 0 Å². The Morgan fingerprint density at radius 3 is 2.64 bits per heavy atom. The third-order valence-corrected chi connectivity index (χ3v) is 2.60. The van der Waals surface area contributed by atoms with Crippen LogP contribution in [0.2, 0.25) is 0 Å². The van der Waals surface area contributed by atoms with Gasteiger partial charge in [0.1, 0.15) is 6.04 Å². The molecular weight excluding hydrogens is 182 g/mol. The van der Waals surface area contributed by atoms with Crippen molar-refractivity contribution in [1.29, 1.82) is 0 Å². The molecule has 0 spiro atoms. The van der Waals surface area contributed by atoms with Gasteiger partial charge in [0.25, 0.3) is 0 Å². The summed E-state index contributed by atoms with van der Waals surface area (Å²) in [7, 11) is 1.79. The van der Waals surface area contributed by atoms with Crippen LogP contribution < -0.4 is 0 Å². The van der Waals surface area contributed by atoms with E-state index in [0.29, 0.717) is 0 Å². The van der Waals surface area contributed by atoms with Crippen molar-refractivity contribution in [3.8, 4) is 0 Å². The lowest BCUT2D eigenvalue weighted by atomic mass is 10.1. The van der Waals surface area contributed by atoms with Crippen LogP contribution in [0, 0.1) is 0 Å². The SMILES string of the molecule is CC(C(=O)O)N(C)C(C)c1ccoc1. The highest BCUT2D eigenvalue weighted by molar-refractivity contribution is 5.72. The first kappa shape index (κ1) is 10.8. The third-order valence-electron chi connectivity index (χ3n) is 2.60. The molecule has 1 rings (SSSR count). The summed E-state index contributed by atoms with van der Waals surface area (Å²) in [4.78, 5) is 12.5. The van der Waals surface area contributed by atoms with Gasteiger partial charge in [0, 0.05) is 11.6 Å². The van der Waals surface area contributed by atoms with E-state index in [4.69, 9.17) is 9.52 Å². The van der Waals surface area contributed by atoms with Crippen LogP contribution in [0.4, 0.5) is 0 Å². The van der Waals surface area contributed by atoms with E-state index < -0.39 is 12.0 Å². The Kier molecular flexibility index (Phi) is 3.30. The highest BCUT2D eigenvalue weighted by Gasteiger charge is 2.22. The molecule has 0 aliphatic rings. The number of hydrogen-bond acceptors (Lipinski definition) is 3. The quantitative estimate of drug-likeness (QED) is 0.798. The second-order valence-electron chi connectivity index (χ2n) is 3.41. The topological polar surface area (TPSA) is 53.7 Å². The Morgan fingerprint density at radius 2 is 2.21 bits per heavy atom. The number of rotatable bonds is 4. The van der Waals surface area contributed by atoms with Gasteiger partial charge in [-0.1, -0.05) is 0 Å². The van der Waals surface area contributed by atoms with Crippen LogP contribution in [0.15, 0.2) is 23.0 Å². The first-order chi connectivity index (χ1) is 6.54. The van der Waals surface area contributed by atoms with Crippen molar-refractivity contribution >= 4 is 5.97 Å². The second-order valence-corrected chi connectivity index (χ2v) is 3.41. The molecule has 0 radical (unpaired) electrons. The van der Waals surface area contributed by atoms with Crippen molar-refractivity contribution in [2.24, 2.45) is 0 Å². The van der Waals surface area contributed by atoms with E-state index in [9.17, 15) is 4.79 Å². The van der Waals surface area contributed by atoms with Crippen molar-refractivity contribution in [1.82, 2.24) is 4.90 Å². The van der Waals surface area contributed by atoms with Gasteiger partial charge in [0.2, 0.25) is 0 Å². The Morgan fingerprint density at radius 1 is 1.57 bits per heavy atom. The highest BCUT2D eigenvalue weighted by atomic mass is 16.4. The molecule has 0 aromatic carbocycles. The molecule has 14 heavy (non-hydrogen) atoms. The average Bonchev–Trinajstić information content (AvgIpc) is 2.67. The molecule has 0 fully saturated rings. The van der Waals surface area contributed by atoms with E-state index >= 15 is 0 Å². The molecule has 0 aliphatic carbocycles. The number of hydrogen-bond donors (Lipinski definition) is 1. The Hall–Kier alpha value is -1.29. The second kappa shape index (κ2) is 4.28. The summed E-state index contributed by atoms with van der Waals surface area (Å²) in [5.41, 5.74) is 0.987. The van der Waals surface area contributed by atoms with Crippen molar-refractivity contribution in [3.05, 3.63) is 24.2 Å². The smallest absolute Gasteiger partial charge is 0.320 e. The van der Waals surface area contributed by atoms with Crippen LogP contribution in [0.5, 0.6) is 0 Å². The lowest BCUT2D eigenvalue weighted by molar-refractivity contribution is -0.142. The van der Waals surface area contributed by atoms with E-state index in [-0.39, 0.29) is 6.04 Å². The molecule has 1 N–H and O–H groups in total. The average molecular weight is 197 g/mol. The lowest BCUT2D eigenvalue weighted by Crippen LogP contribution is -2.37. The standard InChI is InChI=1S/C10H15NO3/c1-7(9-4-5-14-6-9)11(3)8(2)10(12)13/h4-8H,1-3H3,(H,12,13). The molecule has 0 aliphatic heterocycles. The normalized spacial score (nSPS) is 15.4. The lowest BCUT2D eigenvalue weighted by Gasteiger charge is -2.27. The Labute approximate surface area is 83.1 Å². The van der Waals surface area contributed by atoms with Gasteiger partial charge in [-0.25, -0.2) is 0 Å².